The first-order valence-electron chi connectivity index (χ1n) is 9.61. The molecule has 1 amide bonds. The summed E-state index contributed by atoms with van der Waals surface area (Å²) in [5.74, 6) is -2.42. The summed E-state index contributed by atoms with van der Waals surface area (Å²) in [4.78, 5) is 18.7. The van der Waals surface area contributed by atoms with Crippen LogP contribution in [0.4, 0.5) is 20.3 Å². The lowest BCUT2D eigenvalue weighted by molar-refractivity contribution is -0.0494. The number of nitrogens with zero attached hydrogens (tertiary/aromatic N) is 5. The molecule has 1 aliphatic rings. The highest BCUT2D eigenvalue weighted by atomic mass is 19.3. The van der Waals surface area contributed by atoms with E-state index >= 15 is 0 Å². The Labute approximate surface area is 169 Å². The largest absolute Gasteiger partial charge is 0.337 e. The number of carbonyl (C=O) groups is 1. The van der Waals surface area contributed by atoms with E-state index in [9.17, 15) is 13.6 Å². The van der Waals surface area contributed by atoms with Crippen molar-refractivity contribution in [2.24, 2.45) is 7.05 Å². The molecule has 8 nitrogen and oxygen atoms in total. The average molecular weight is 411 g/mol. The lowest BCUT2D eigenvalue weighted by Crippen LogP contribution is -2.42. The Morgan fingerprint density at radius 2 is 2.03 bits per heavy atom. The molecule has 3 aromatic heterocycles. The summed E-state index contributed by atoms with van der Waals surface area (Å²) < 4.78 is 28.5. The second-order valence-electron chi connectivity index (χ2n) is 7.45. The maximum atomic E-state index is 13.4. The monoisotopic (exact) mass is 411 g/mol. The molecule has 0 spiro atoms. The molecule has 1 saturated heterocycles. The smallest absolute Gasteiger partial charge is 0.275 e. The number of aromatic amines is 1. The van der Waals surface area contributed by atoms with Gasteiger partial charge in [0.2, 0.25) is 0 Å². The number of rotatable bonds is 3. The number of benzene rings is 1. The van der Waals surface area contributed by atoms with Crippen LogP contribution < -0.4 is 5.32 Å². The summed E-state index contributed by atoms with van der Waals surface area (Å²) >= 11 is 0. The molecule has 1 fully saturated rings. The maximum absolute atomic E-state index is 13.4. The van der Waals surface area contributed by atoms with Gasteiger partial charge in [0.15, 0.2) is 11.5 Å². The summed E-state index contributed by atoms with van der Waals surface area (Å²) in [6.07, 6.45) is 1.06. The van der Waals surface area contributed by atoms with Crippen LogP contribution in [0.25, 0.3) is 21.9 Å². The number of likely N-dealkylation sites (tertiary alicyclic amines) is 1. The molecule has 30 heavy (non-hydrogen) atoms. The minimum atomic E-state index is -2.70. The zero-order valence-electron chi connectivity index (χ0n) is 16.2. The van der Waals surface area contributed by atoms with Crippen LogP contribution in [0, 0.1) is 0 Å². The van der Waals surface area contributed by atoms with Gasteiger partial charge in [0.1, 0.15) is 5.52 Å². The molecular formula is C20H19F2N7O. The second-order valence-corrected chi connectivity index (χ2v) is 7.45. The summed E-state index contributed by atoms with van der Waals surface area (Å²) in [6, 6.07) is 9.22. The molecule has 1 aliphatic heterocycles. The number of fused-ring (bicyclic) bond motifs is 2. The number of H-pyrrole nitrogens is 1. The number of aryl methyl sites for hydroxylation is 1. The van der Waals surface area contributed by atoms with Crippen molar-refractivity contribution < 1.29 is 13.6 Å². The number of alkyl halides is 2. The Hall–Kier alpha value is -3.56. The molecule has 0 bridgehead atoms. The molecule has 5 rings (SSSR count). The maximum Gasteiger partial charge on any atom is 0.275 e. The normalized spacial score (nSPS) is 16.3. The van der Waals surface area contributed by atoms with Crippen molar-refractivity contribution in [3.63, 3.8) is 0 Å². The molecule has 10 heteroatoms. The molecule has 0 radical (unpaired) electrons. The van der Waals surface area contributed by atoms with Gasteiger partial charge in [-0.15, -0.1) is 0 Å². The van der Waals surface area contributed by atoms with Gasteiger partial charge in [-0.25, -0.2) is 8.78 Å². The highest BCUT2D eigenvalue weighted by Gasteiger charge is 2.36. The third-order valence-electron chi connectivity index (χ3n) is 5.42. The number of aromatic nitrogens is 5. The molecule has 0 unspecified atom stereocenters. The molecule has 154 valence electrons. The van der Waals surface area contributed by atoms with Gasteiger partial charge in [-0.05, 0) is 30.3 Å². The fraction of sp³-hybridized carbons (Fsp3) is 0.300. The van der Waals surface area contributed by atoms with E-state index in [2.05, 4.69) is 25.6 Å². The summed E-state index contributed by atoms with van der Waals surface area (Å²) in [6.45, 7) is 0.0611. The van der Waals surface area contributed by atoms with Gasteiger partial charge >= 0.3 is 0 Å². The highest BCUT2D eigenvalue weighted by Crippen LogP contribution is 2.30. The van der Waals surface area contributed by atoms with Crippen molar-refractivity contribution >= 4 is 39.3 Å². The van der Waals surface area contributed by atoms with Crippen molar-refractivity contribution in [1.29, 1.82) is 0 Å². The molecule has 0 saturated carbocycles. The fourth-order valence-corrected chi connectivity index (χ4v) is 3.76. The second kappa shape index (κ2) is 6.75. The quantitative estimate of drug-likeness (QED) is 0.539. The Kier molecular flexibility index (Phi) is 4.16. The lowest BCUT2D eigenvalue weighted by Gasteiger charge is -2.31. The number of hydrogen-bond acceptors (Lipinski definition) is 5. The van der Waals surface area contributed by atoms with E-state index in [1.54, 1.807) is 24.0 Å². The van der Waals surface area contributed by atoms with Crippen LogP contribution in [0.2, 0.25) is 0 Å². The Balaban J connectivity index is 1.43. The van der Waals surface area contributed by atoms with E-state index in [1.165, 1.54) is 4.90 Å². The van der Waals surface area contributed by atoms with Crippen molar-refractivity contribution in [3.8, 4) is 0 Å². The van der Waals surface area contributed by atoms with Crippen LogP contribution in [0.15, 0.2) is 36.5 Å². The Morgan fingerprint density at radius 1 is 1.23 bits per heavy atom. The predicted molar refractivity (Wildman–Crippen MR) is 108 cm³/mol. The molecule has 1 aromatic carbocycles. The van der Waals surface area contributed by atoms with Crippen molar-refractivity contribution in [1.82, 2.24) is 29.9 Å². The zero-order chi connectivity index (χ0) is 20.9. The fourth-order valence-electron chi connectivity index (χ4n) is 3.76. The minimum absolute atomic E-state index is 0.0305. The first-order valence-corrected chi connectivity index (χ1v) is 9.61. The Bertz CT molecular complexity index is 1250. The first kappa shape index (κ1) is 18.5. The van der Waals surface area contributed by atoms with E-state index in [4.69, 9.17) is 0 Å². The van der Waals surface area contributed by atoms with Gasteiger partial charge in [-0.3, -0.25) is 19.6 Å². The summed E-state index contributed by atoms with van der Waals surface area (Å²) in [5, 5.41) is 15.5. The van der Waals surface area contributed by atoms with Crippen LogP contribution >= 0.6 is 0 Å². The number of anilines is 2. The number of pyridine rings is 1. The standard InChI is InChI=1S/C20H19F2N7O/c1-28-15-11-12(24-18-17-14(25-26-18)3-2-8-23-17)4-5-13(15)16(27-28)19(30)29-9-6-20(21,22)7-10-29/h2-5,8,11H,6-7,9-10H2,1H3,(H2,24,25,26). The SMILES string of the molecule is Cn1nc(C(=O)N2CCC(F)(F)CC2)c2ccc(Nc3n[nH]c4cccnc34)cc21. The Morgan fingerprint density at radius 3 is 2.83 bits per heavy atom. The molecule has 2 N–H and O–H groups in total. The summed E-state index contributed by atoms with van der Waals surface area (Å²) in [5.41, 5.74) is 3.33. The third-order valence-corrected chi connectivity index (χ3v) is 5.42. The first-order chi connectivity index (χ1) is 14.4. The van der Waals surface area contributed by atoms with Crippen LogP contribution in [0.5, 0.6) is 0 Å². The van der Waals surface area contributed by atoms with Crippen LogP contribution in [0.1, 0.15) is 23.3 Å². The number of carbonyl (C=O) groups excluding carboxylic acids is 1. The molecule has 4 aromatic rings. The topological polar surface area (TPSA) is 91.7 Å². The number of piperidine rings is 1. The van der Waals surface area contributed by atoms with Crippen LogP contribution in [-0.2, 0) is 7.05 Å². The molecule has 0 atom stereocenters. The van der Waals surface area contributed by atoms with Crippen LogP contribution in [-0.4, -0.2) is 54.8 Å². The van der Waals surface area contributed by atoms with E-state index in [1.807, 2.05) is 24.3 Å². The van der Waals surface area contributed by atoms with E-state index in [-0.39, 0.29) is 37.5 Å². The van der Waals surface area contributed by atoms with Gasteiger partial charge in [0.25, 0.3) is 11.8 Å². The average Bonchev–Trinajstić information content (AvgIpc) is 3.29. The van der Waals surface area contributed by atoms with Gasteiger partial charge in [-0.2, -0.15) is 10.2 Å². The minimum Gasteiger partial charge on any atom is -0.337 e. The van der Waals surface area contributed by atoms with Crippen LogP contribution in [0.3, 0.4) is 0 Å². The molecule has 4 heterocycles. The van der Waals surface area contributed by atoms with Gasteiger partial charge in [-0.1, -0.05) is 0 Å². The van der Waals surface area contributed by atoms with Gasteiger partial charge in [0, 0.05) is 50.2 Å². The molecular weight excluding hydrogens is 392 g/mol. The number of hydrogen-bond donors (Lipinski definition) is 2. The van der Waals surface area contributed by atoms with Crippen molar-refractivity contribution in [3.05, 3.63) is 42.2 Å². The van der Waals surface area contributed by atoms with E-state index < -0.39 is 5.92 Å². The number of halogens is 2. The van der Waals surface area contributed by atoms with Gasteiger partial charge in [0.05, 0.1) is 11.0 Å². The zero-order valence-corrected chi connectivity index (χ0v) is 16.2. The van der Waals surface area contributed by atoms with E-state index in [0.29, 0.717) is 11.2 Å². The number of nitrogens with one attached hydrogen (secondary N) is 2. The van der Waals surface area contributed by atoms with Gasteiger partial charge < -0.3 is 10.2 Å². The number of amides is 1. The predicted octanol–water partition coefficient (Wildman–Crippen LogP) is 3.46. The highest BCUT2D eigenvalue weighted by molar-refractivity contribution is 6.05. The van der Waals surface area contributed by atoms with Crippen molar-refractivity contribution in [2.75, 3.05) is 18.4 Å². The molecule has 0 aliphatic carbocycles. The lowest BCUT2D eigenvalue weighted by atomic mass is 10.1. The van der Waals surface area contributed by atoms with E-state index in [0.717, 1.165) is 22.2 Å². The summed E-state index contributed by atoms with van der Waals surface area (Å²) in [7, 11) is 1.75. The third kappa shape index (κ3) is 3.14. The van der Waals surface area contributed by atoms with Crippen molar-refractivity contribution in [2.45, 2.75) is 18.8 Å².